The number of ether oxygens (including phenoxy) is 1. The number of methoxy groups -OCH3 is 1. The van der Waals surface area contributed by atoms with E-state index in [2.05, 4.69) is 10.0 Å². The van der Waals surface area contributed by atoms with Crippen LogP contribution in [-0.2, 0) is 10.0 Å². The van der Waals surface area contributed by atoms with Gasteiger partial charge >= 0.3 is 0 Å². The highest BCUT2D eigenvalue weighted by atomic mass is 32.2. The summed E-state index contributed by atoms with van der Waals surface area (Å²) in [6.07, 6.45) is 0.815. The summed E-state index contributed by atoms with van der Waals surface area (Å²) in [5, 5.41) is 2.85. The molecule has 2 aromatic carbocycles. The molecule has 0 radical (unpaired) electrons. The van der Waals surface area contributed by atoms with Gasteiger partial charge in [0.05, 0.1) is 12.0 Å². The van der Waals surface area contributed by atoms with E-state index >= 15 is 0 Å². The van der Waals surface area contributed by atoms with Gasteiger partial charge in [-0.3, -0.25) is 9.52 Å². The lowest BCUT2D eigenvalue weighted by molar-refractivity contribution is 0.0939. The van der Waals surface area contributed by atoms with Crippen LogP contribution in [0.15, 0.2) is 53.4 Å². The summed E-state index contributed by atoms with van der Waals surface area (Å²) in [6.45, 7) is 3.89. The number of carbonyl (C=O) groups excluding carboxylic acids is 1. The highest BCUT2D eigenvalue weighted by Gasteiger charge is 2.15. The average Bonchev–Trinajstić information content (AvgIpc) is 2.61. The maximum absolute atomic E-state index is 12.5. The molecule has 0 saturated carbocycles. The number of amides is 1. The Hall–Kier alpha value is -2.54. The Bertz CT molecular complexity index is 832. The van der Waals surface area contributed by atoms with Gasteiger partial charge in [-0.05, 0) is 55.8 Å². The Labute approximate surface area is 148 Å². The molecule has 0 fully saturated rings. The molecule has 6 nitrogen and oxygen atoms in total. The minimum absolute atomic E-state index is 0.0483. The van der Waals surface area contributed by atoms with Crippen molar-refractivity contribution in [3.63, 3.8) is 0 Å². The first-order valence-electron chi connectivity index (χ1n) is 7.93. The summed E-state index contributed by atoms with van der Waals surface area (Å²) >= 11 is 0. The Kier molecular flexibility index (Phi) is 6.03. The topological polar surface area (TPSA) is 84.5 Å². The van der Waals surface area contributed by atoms with E-state index in [4.69, 9.17) is 4.74 Å². The molecule has 0 aliphatic carbocycles. The van der Waals surface area contributed by atoms with Gasteiger partial charge in [0.15, 0.2) is 0 Å². The van der Waals surface area contributed by atoms with Gasteiger partial charge in [0.1, 0.15) is 5.75 Å². The molecule has 1 amide bonds. The SMILES string of the molecule is CC[C@H](C)NC(=O)c1cccc(NS(=O)(=O)c2ccc(OC)cc2)c1. The van der Waals surface area contributed by atoms with Crippen LogP contribution in [0.2, 0.25) is 0 Å². The normalized spacial score (nSPS) is 12.3. The molecule has 0 saturated heterocycles. The average molecular weight is 362 g/mol. The molecule has 0 aromatic heterocycles. The molecule has 0 unspecified atom stereocenters. The van der Waals surface area contributed by atoms with E-state index in [-0.39, 0.29) is 16.8 Å². The van der Waals surface area contributed by atoms with Crippen LogP contribution in [0.3, 0.4) is 0 Å². The van der Waals surface area contributed by atoms with Gasteiger partial charge in [0, 0.05) is 17.3 Å². The van der Waals surface area contributed by atoms with Crippen LogP contribution in [0.5, 0.6) is 5.75 Å². The van der Waals surface area contributed by atoms with Gasteiger partial charge in [-0.25, -0.2) is 8.42 Å². The van der Waals surface area contributed by atoms with E-state index in [1.807, 2.05) is 13.8 Å². The van der Waals surface area contributed by atoms with Crippen molar-refractivity contribution < 1.29 is 17.9 Å². The number of carbonyl (C=O) groups is 1. The molecule has 25 heavy (non-hydrogen) atoms. The first kappa shape index (κ1) is 18.8. The highest BCUT2D eigenvalue weighted by Crippen LogP contribution is 2.20. The second kappa shape index (κ2) is 8.02. The Balaban J connectivity index is 2.18. The van der Waals surface area contributed by atoms with E-state index in [0.29, 0.717) is 17.0 Å². The number of nitrogens with one attached hydrogen (secondary N) is 2. The second-order valence-corrected chi connectivity index (χ2v) is 7.33. The Morgan fingerprint density at radius 2 is 1.84 bits per heavy atom. The van der Waals surface area contributed by atoms with E-state index < -0.39 is 10.0 Å². The van der Waals surface area contributed by atoms with Gasteiger partial charge in [0.2, 0.25) is 0 Å². The highest BCUT2D eigenvalue weighted by molar-refractivity contribution is 7.92. The minimum atomic E-state index is -3.75. The molecule has 134 valence electrons. The van der Waals surface area contributed by atoms with Crippen LogP contribution < -0.4 is 14.8 Å². The standard InChI is InChI=1S/C18H22N2O4S/c1-4-13(2)19-18(21)14-6-5-7-15(12-14)20-25(22,23)17-10-8-16(24-3)9-11-17/h5-13,20H,4H2,1-3H3,(H,19,21)/t13-/m0/s1. The van der Waals surface area contributed by atoms with Gasteiger partial charge in [-0.2, -0.15) is 0 Å². The Morgan fingerprint density at radius 1 is 1.16 bits per heavy atom. The third-order valence-electron chi connectivity index (χ3n) is 3.74. The molecule has 0 aliphatic rings. The third-order valence-corrected chi connectivity index (χ3v) is 5.13. The number of sulfonamides is 1. The maximum atomic E-state index is 12.5. The number of hydrogen-bond acceptors (Lipinski definition) is 4. The second-order valence-electron chi connectivity index (χ2n) is 5.64. The zero-order valence-corrected chi connectivity index (χ0v) is 15.3. The van der Waals surface area contributed by atoms with Crippen molar-refractivity contribution in [2.75, 3.05) is 11.8 Å². The van der Waals surface area contributed by atoms with Crippen molar-refractivity contribution in [3.8, 4) is 5.75 Å². The summed E-state index contributed by atoms with van der Waals surface area (Å²) in [7, 11) is -2.23. The third kappa shape index (κ3) is 4.96. The van der Waals surface area contributed by atoms with Crippen molar-refractivity contribution in [2.24, 2.45) is 0 Å². The van der Waals surface area contributed by atoms with E-state index in [0.717, 1.165) is 6.42 Å². The number of rotatable bonds is 7. The van der Waals surface area contributed by atoms with E-state index in [9.17, 15) is 13.2 Å². The van der Waals surface area contributed by atoms with Gasteiger partial charge < -0.3 is 10.1 Å². The van der Waals surface area contributed by atoms with Crippen molar-refractivity contribution in [1.82, 2.24) is 5.32 Å². The van der Waals surface area contributed by atoms with Crippen molar-refractivity contribution in [1.29, 1.82) is 0 Å². The molecule has 2 rings (SSSR count). The van der Waals surface area contributed by atoms with Gasteiger partial charge in [-0.15, -0.1) is 0 Å². The first-order valence-corrected chi connectivity index (χ1v) is 9.42. The number of benzene rings is 2. The lowest BCUT2D eigenvalue weighted by Crippen LogP contribution is -2.31. The fourth-order valence-electron chi connectivity index (χ4n) is 2.10. The fraction of sp³-hybridized carbons (Fsp3) is 0.278. The molecule has 0 heterocycles. The molecule has 1 atom stereocenters. The zero-order valence-electron chi connectivity index (χ0n) is 14.4. The van der Waals surface area contributed by atoms with Crippen LogP contribution in [0, 0.1) is 0 Å². The van der Waals surface area contributed by atoms with Crippen LogP contribution in [-0.4, -0.2) is 27.5 Å². The van der Waals surface area contributed by atoms with Gasteiger partial charge in [-0.1, -0.05) is 13.0 Å². The largest absolute Gasteiger partial charge is 0.497 e. The summed E-state index contributed by atoms with van der Waals surface area (Å²) in [6, 6.07) is 12.5. The maximum Gasteiger partial charge on any atom is 0.261 e. The van der Waals surface area contributed by atoms with Crippen LogP contribution >= 0.6 is 0 Å². The fourth-order valence-corrected chi connectivity index (χ4v) is 3.15. The predicted molar refractivity (Wildman–Crippen MR) is 97.5 cm³/mol. The number of hydrogen-bond donors (Lipinski definition) is 2. The van der Waals surface area contributed by atoms with Crippen LogP contribution in [0.25, 0.3) is 0 Å². The van der Waals surface area contributed by atoms with E-state index in [1.165, 1.54) is 25.3 Å². The zero-order chi connectivity index (χ0) is 18.4. The molecule has 2 N–H and O–H groups in total. The Morgan fingerprint density at radius 3 is 2.44 bits per heavy atom. The molecular weight excluding hydrogens is 340 g/mol. The smallest absolute Gasteiger partial charge is 0.261 e. The summed E-state index contributed by atoms with van der Waals surface area (Å²) < 4.78 is 32.4. The lowest BCUT2D eigenvalue weighted by atomic mass is 10.1. The lowest BCUT2D eigenvalue weighted by Gasteiger charge is -2.13. The van der Waals surface area contributed by atoms with Gasteiger partial charge in [0.25, 0.3) is 15.9 Å². The van der Waals surface area contributed by atoms with Crippen LogP contribution in [0.4, 0.5) is 5.69 Å². The van der Waals surface area contributed by atoms with E-state index in [1.54, 1.807) is 30.3 Å². The molecule has 7 heteroatoms. The molecule has 2 aromatic rings. The molecule has 0 bridgehead atoms. The van der Waals surface area contributed by atoms with Crippen LogP contribution in [0.1, 0.15) is 30.6 Å². The summed E-state index contributed by atoms with van der Waals surface area (Å²) in [4.78, 5) is 12.3. The monoisotopic (exact) mass is 362 g/mol. The molecule has 0 spiro atoms. The quantitative estimate of drug-likeness (QED) is 0.793. The minimum Gasteiger partial charge on any atom is -0.497 e. The number of anilines is 1. The summed E-state index contributed by atoms with van der Waals surface area (Å²) in [5.41, 5.74) is 0.725. The summed E-state index contributed by atoms with van der Waals surface area (Å²) in [5.74, 6) is 0.336. The van der Waals surface area contributed by atoms with Crippen molar-refractivity contribution in [3.05, 3.63) is 54.1 Å². The molecule has 0 aliphatic heterocycles. The van der Waals surface area contributed by atoms with Crippen molar-refractivity contribution >= 4 is 21.6 Å². The predicted octanol–water partition coefficient (Wildman–Crippen LogP) is 3.02. The molecular formula is C18H22N2O4S. The first-order chi connectivity index (χ1) is 11.9. The van der Waals surface area contributed by atoms with Crippen molar-refractivity contribution in [2.45, 2.75) is 31.2 Å².